The van der Waals surface area contributed by atoms with Gasteiger partial charge in [-0.25, -0.2) is 14.4 Å². The molecule has 0 radical (unpaired) electrons. The number of rotatable bonds is 4. The highest BCUT2D eigenvalue weighted by molar-refractivity contribution is 5.89. The number of nitrogens with one attached hydrogen (secondary N) is 2. The van der Waals surface area contributed by atoms with Crippen molar-refractivity contribution in [3.05, 3.63) is 36.3 Å². The predicted molar refractivity (Wildman–Crippen MR) is 101 cm³/mol. The van der Waals surface area contributed by atoms with Crippen LogP contribution in [-0.4, -0.2) is 46.3 Å². The summed E-state index contributed by atoms with van der Waals surface area (Å²) in [6.07, 6.45) is 3.98. The molecule has 6 nitrogen and oxygen atoms in total. The van der Waals surface area contributed by atoms with E-state index in [1.54, 1.807) is 12.3 Å². The van der Waals surface area contributed by atoms with Crippen LogP contribution in [-0.2, 0) is 0 Å². The summed E-state index contributed by atoms with van der Waals surface area (Å²) in [5.74, 6) is 1.00. The number of pyridine rings is 2. The minimum atomic E-state index is -0.361. The standard InChI is InChI=1S/C19H23FN6/c1-12(21-2)13-5-4-10-26(11-13)16-8-7-15(20)18(23-16)17-14-6-3-9-22-19(14)25-24-17/h3,6-9,12-13,21H,4-5,10-11H2,1-2H3,(H,22,24,25)/t12?,13-/m0/s1. The van der Waals surface area contributed by atoms with Crippen molar-refractivity contribution in [1.82, 2.24) is 25.5 Å². The van der Waals surface area contributed by atoms with Crippen molar-refractivity contribution in [2.75, 3.05) is 25.0 Å². The van der Waals surface area contributed by atoms with E-state index in [0.29, 0.717) is 29.0 Å². The van der Waals surface area contributed by atoms with Crippen molar-refractivity contribution < 1.29 is 4.39 Å². The van der Waals surface area contributed by atoms with Gasteiger partial charge in [-0.1, -0.05) is 0 Å². The fourth-order valence-electron chi connectivity index (χ4n) is 3.68. The molecule has 0 aromatic carbocycles. The molecule has 2 N–H and O–H groups in total. The maximum atomic E-state index is 14.5. The van der Waals surface area contributed by atoms with E-state index in [1.807, 2.05) is 19.2 Å². The number of H-pyrrole nitrogens is 1. The number of aromatic nitrogens is 4. The first-order chi connectivity index (χ1) is 12.7. The maximum Gasteiger partial charge on any atom is 0.181 e. The lowest BCUT2D eigenvalue weighted by Gasteiger charge is -2.36. The molecule has 7 heteroatoms. The lowest BCUT2D eigenvalue weighted by Crippen LogP contribution is -2.43. The van der Waals surface area contributed by atoms with Gasteiger partial charge in [0.05, 0.1) is 5.69 Å². The van der Waals surface area contributed by atoms with Crippen LogP contribution in [0.1, 0.15) is 19.8 Å². The van der Waals surface area contributed by atoms with E-state index in [-0.39, 0.29) is 5.82 Å². The molecule has 136 valence electrons. The third-order valence-corrected chi connectivity index (χ3v) is 5.34. The highest BCUT2D eigenvalue weighted by Crippen LogP contribution is 2.30. The SMILES string of the molecule is CNC(C)[C@H]1CCCN(c2ccc(F)c(-c3[nH]nc4ncccc34)n2)C1. The summed E-state index contributed by atoms with van der Waals surface area (Å²) >= 11 is 0. The number of anilines is 1. The molecule has 0 spiro atoms. The third-order valence-electron chi connectivity index (χ3n) is 5.34. The van der Waals surface area contributed by atoms with Gasteiger partial charge in [0, 0.05) is 30.7 Å². The van der Waals surface area contributed by atoms with Crippen LogP contribution in [0.2, 0.25) is 0 Å². The number of nitrogens with zero attached hydrogens (tertiary/aromatic N) is 4. The second kappa shape index (κ2) is 6.99. The molecule has 0 amide bonds. The van der Waals surface area contributed by atoms with E-state index < -0.39 is 0 Å². The zero-order valence-corrected chi connectivity index (χ0v) is 15.0. The molecule has 1 saturated heterocycles. The first kappa shape index (κ1) is 16.9. The Labute approximate surface area is 151 Å². The molecule has 1 aliphatic rings. The smallest absolute Gasteiger partial charge is 0.181 e. The van der Waals surface area contributed by atoms with Gasteiger partial charge in [-0.2, -0.15) is 5.10 Å². The van der Waals surface area contributed by atoms with Gasteiger partial charge in [0.2, 0.25) is 0 Å². The van der Waals surface area contributed by atoms with Crippen molar-refractivity contribution in [3.63, 3.8) is 0 Å². The van der Waals surface area contributed by atoms with Crippen molar-refractivity contribution >= 4 is 16.9 Å². The molecule has 3 aromatic rings. The molecule has 0 saturated carbocycles. The normalized spacial score (nSPS) is 19.0. The number of aromatic amines is 1. The van der Waals surface area contributed by atoms with Gasteiger partial charge >= 0.3 is 0 Å². The molecular weight excluding hydrogens is 331 g/mol. The fourth-order valence-corrected chi connectivity index (χ4v) is 3.68. The largest absolute Gasteiger partial charge is 0.356 e. The number of piperidine rings is 1. The van der Waals surface area contributed by atoms with Crippen molar-refractivity contribution in [1.29, 1.82) is 0 Å². The summed E-state index contributed by atoms with van der Waals surface area (Å²) in [6.45, 7) is 4.07. The second-order valence-corrected chi connectivity index (χ2v) is 6.90. The minimum Gasteiger partial charge on any atom is -0.356 e. The number of hydrogen-bond acceptors (Lipinski definition) is 5. The van der Waals surface area contributed by atoms with Gasteiger partial charge in [-0.05, 0) is 57.0 Å². The molecular formula is C19H23FN6. The van der Waals surface area contributed by atoms with E-state index in [9.17, 15) is 4.39 Å². The Kier molecular flexibility index (Phi) is 4.55. The van der Waals surface area contributed by atoms with Gasteiger partial charge in [0.1, 0.15) is 11.5 Å². The first-order valence-electron chi connectivity index (χ1n) is 9.05. The summed E-state index contributed by atoms with van der Waals surface area (Å²) in [5.41, 5.74) is 1.43. The minimum absolute atomic E-state index is 0.293. The molecule has 0 aliphatic carbocycles. The van der Waals surface area contributed by atoms with E-state index in [4.69, 9.17) is 0 Å². The van der Waals surface area contributed by atoms with E-state index >= 15 is 0 Å². The molecule has 3 aromatic heterocycles. The lowest BCUT2D eigenvalue weighted by atomic mass is 9.91. The highest BCUT2D eigenvalue weighted by atomic mass is 19.1. The van der Waals surface area contributed by atoms with Crippen LogP contribution in [0.3, 0.4) is 0 Å². The summed E-state index contributed by atoms with van der Waals surface area (Å²) in [5, 5.41) is 11.2. The molecule has 2 atom stereocenters. The van der Waals surface area contributed by atoms with Crippen LogP contribution in [0, 0.1) is 11.7 Å². The Morgan fingerprint density at radius 2 is 2.23 bits per heavy atom. The zero-order valence-electron chi connectivity index (χ0n) is 15.0. The highest BCUT2D eigenvalue weighted by Gasteiger charge is 2.25. The van der Waals surface area contributed by atoms with Crippen LogP contribution in [0.5, 0.6) is 0 Å². The topological polar surface area (TPSA) is 69.7 Å². The predicted octanol–water partition coefficient (Wildman–Crippen LogP) is 2.98. The molecule has 4 heterocycles. The van der Waals surface area contributed by atoms with Crippen molar-refractivity contribution in [2.24, 2.45) is 5.92 Å². The van der Waals surface area contributed by atoms with Gasteiger partial charge in [0.15, 0.2) is 11.5 Å². The van der Waals surface area contributed by atoms with Gasteiger partial charge in [-0.3, -0.25) is 5.10 Å². The van der Waals surface area contributed by atoms with Gasteiger partial charge in [0.25, 0.3) is 0 Å². The third kappa shape index (κ3) is 3.03. The molecule has 1 aliphatic heterocycles. The van der Waals surface area contributed by atoms with Crippen molar-refractivity contribution in [3.8, 4) is 11.4 Å². The van der Waals surface area contributed by atoms with Crippen LogP contribution >= 0.6 is 0 Å². The van der Waals surface area contributed by atoms with Crippen LogP contribution < -0.4 is 10.2 Å². The van der Waals surface area contributed by atoms with E-state index in [0.717, 1.165) is 30.7 Å². The Hall–Kier alpha value is -2.54. The van der Waals surface area contributed by atoms with E-state index in [2.05, 4.69) is 37.3 Å². The first-order valence-corrected chi connectivity index (χ1v) is 9.05. The number of fused-ring (bicyclic) bond motifs is 1. The van der Waals surface area contributed by atoms with Gasteiger partial charge < -0.3 is 10.2 Å². The average Bonchev–Trinajstić information content (AvgIpc) is 3.12. The van der Waals surface area contributed by atoms with Crippen LogP contribution in [0.25, 0.3) is 22.4 Å². The summed E-state index contributed by atoms with van der Waals surface area (Å²) in [6, 6.07) is 7.40. The second-order valence-electron chi connectivity index (χ2n) is 6.90. The van der Waals surface area contributed by atoms with Gasteiger partial charge in [-0.15, -0.1) is 0 Å². The van der Waals surface area contributed by atoms with Crippen LogP contribution in [0.15, 0.2) is 30.5 Å². The fraction of sp³-hybridized carbons (Fsp3) is 0.421. The molecule has 26 heavy (non-hydrogen) atoms. The summed E-state index contributed by atoms with van der Waals surface area (Å²) in [7, 11) is 2.00. The number of hydrogen-bond donors (Lipinski definition) is 2. The Balaban J connectivity index is 1.68. The Morgan fingerprint density at radius 3 is 3.08 bits per heavy atom. The summed E-state index contributed by atoms with van der Waals surface area (Å²) < 4.78 is 14.5. The lowest BCUT2D eigenvalue weighted by molar-refractivity contribution is 0.332. The molecule has 4 rings (SSSR count). The zero-order chi connectivity index (χ0) is 18.1. The molecule has 0 bridgehead atoms. The quantitative estimate of drug-likeness (QED) is 0.754. The average molecular weight is 354 g/mol. The summed E-state index contributed by atoms with van der Waals surface area (Å²) in [4.78, 5) is 11.1. The molecule has 1 fully saturated rings. The van der Waals surface area contributed by atoms with Crippen molar-refractivity contribution in [2.45, 2.75) is 25.8 Å². The Morgan fingerprint density at radius 1 is 1.35 bits per heavy atom. The monoisotopic (exact) mass is 354 g/mol. The van der Waals surface area contributed by atoms with Crippen LogP contribution in [0.4, 0.5) is 10.2 Å². The maximum absolute atomic E-state index is 14.5. The molecule has 1 unspecified atom stereocenters. The van der Waals surface area contributed by atoms with E-state index in [1.165, 1.54) is 12.5 Å². The number of halogens is 1. The Bertz CT molecular complexity index is 908.